The lowest BCUT2D eigenvalue weighted by atomic mass is 10.1. The molecule has 0 unspecified atom stereocenters. The van der Waals surface area contributed by atoms with Crippen LogP contribution < -0.4 is 10.2 Å². The normalized spacial score (nSPS) is 16.9. The average molecular weight is 276 g/mol. The summed E-state index contributed by atoms with van der Waals surface area (Å²) in [5.74, 6) is 0. The SMILES string of the molecule is CCCNCc1ccncc1N1CCN(C(C)C)CC1. The summed E-state index contributed by atoms with van der Waals surface area (Å²) in [7, 11) is 0. The summed E-state index contributed by atoms with van der Waals surface area (Å²) in [6.07, 6.45) is 5.10. The Morgan fingerprint density at radius 3 is 2.65 bits per heavy atom. The molecule has 0 bridgehead atoms. The molecule has 1 aromatic rings. The van der Waals surface area contributed by atoms with Crippen LogP contribution in [0.1, 0.15) is 32.8 Å². The van der Waals surface area contributed by atoms with Gasteiger partial charge < -0.3 is 10.2 Å². The summed E-state index contributed by atoms with van der Waals surface area (Å²) in [5.41, 5.74) is 2.67. The Bertz CT molecular complexity index is 397. The summed E-state index contributed by atoms with van der Waals surface area (Å²) in [6, 6.07) is 2.80. The van der Waals surface area contributed by atoms with Crippen molar-refractivity contribution in [3.8, 4) is 0 Å². The Hall–Kier alpha value is -1.13. The molecule has 0 spiro atoms. The Labute approximate surface area is 123 Å². The van der Waals surface area contributed by atoms with Gasteiger partial charge in [-0.1, -0.05) is 6.92 Å². The van der Waals surface area contributed by atoms with Crippen molar-refractivity contribution in [3.63, 3.8) is 0 Å². The number of anilines is 1. The number of hydrogen-bond donors (Lipinski definition) is 1. The van der Waals surface area contributed by atoms with Crippen molar-refractivity contribution in [2.45, 2.75) is 39.8 Å². The van der Waals surface area contributed by atoms with E-state index in [2.05, 4.69) is 46.9 Å². The number of nitrogens with one attached hydrogen (secondary N) is 1. The van der Waals surface area contributed by atoms with Crippen LogP contribution in [-0.2, 0) is 6.54 Å². The zero-order valence-electron chi connectivity index (χ0n) is 13.1. The molecule has 1 saturated heterocycles. The van der Waals surface area contributed by atoms with E-state index in [0.29, 0.717) is 6.04 Å². The highest BCUT2D eigenvalue weighted by molar-refractivity contribution is 5.52. The van der Waals surface area contributed by atoms with Gasteiger partial charge in [0.25, 0.3) is 0 Å². The van der Waals surface area contributed by atoms with E-state index >= 15 is 0 Å². The number of nitrogens with zero attached hydrogens (tertiary/aromatic N) is 3. The van der Waals surface area contributed by atoms with Crippen molar-refractivity contribution < 1.29 is 0 Å². The minimum atomic E-state index is 0.650. The Kier molecular flexibility index (Phi) is 5.80. The van der Waals surface area contributed by atoms with Gasteiger partial charge in [-0.25, -0.2) is 0 Å². The van der Waals surface area contributed by atoms with Crippen LogP contribution in [0.5, 0.6) is 0 Å². The Balaban J connectivity index is 1.98. The maximum Gasteiger partial charge on any atom is 0.0599 e. The van der Waals surface area contributed by atoms with Gasteiger partial charge in [0.15, 0.2) is 0 Å². The van der Waals surface area contributed by atoms with Gasteiger partial charge in [-0.15, -0.1) is 0 Å². The lowest BCUT2D eigenvalue weighted by Gasteiger charge is -2.38. The summed E-state index contributed by atoms with van der Waals surface area (Å²) < 4.78 is 0. The molecule has 112 valence electrons. The maximum absolute atomic E-state index is 4.32. The smallest absolute Gasteiger partial charge is 0.0599 e. The molecule has 2 rings (SSSR count). The highest BCUT2D eigenvalue weighted by Crippen LogP contribution is 2.21. The predicted molar refractivity (Wildman–Crippen MR) is 85.2 cm³/mol. The first-order chi connectivity index (χ1) is 9.72. The van der Waals surface area contributed by atoms with E-state index in [-0.39, 0.29) is 0 Å². The lowest BCUT2D eigenvalue weighted by Crippen LogP contribution is -2.49. The topological polar surface area (TPSA) is 31.4 Å². The third kappa shape index (κ3) is 3.93. The summed E-state index contributed by atoms with van der Waals surface area (Å²) in [4.78, 5) is 9.34. The molecule has 1 aliphatic rings. The summed E-state index contributed by atoms with van der Waals surface area (Å²) in [6.45, 7) is 13.3. The van der Waals surface area contributed by atoms with Gasteiger partial charge in [0, 0.05) is 45.0 Å². The Morgan fingerprint density at radius 2 is 2.00 bits per heavy atom. The van der Waals surface area contributed by atoms with Crippen LogP contribution in [0.3, 0.4) is 0 Å². The molecule has 1 fully saturated rings. The summed E-state index contributed by atoms with van der Waals surface area (Å²) >= 11 is 0. The number of rotatable bonds is 6. The molecule has 2 heterocycles. The van der Waals surface area contributed by atoms with Crippen LogP contribution in [0.15, 0.2) is 18.5 Å². The second kappa shape index (κ2) is 7.60. The van der Waals surface area contributed by atoms with E-state index in [4.69, 9.17) is 0 Å². The van der Waals surface area contributed by atoms with E-state index in [1.54, 1.807) is 0 Å². The van der Waals surface area contributed by atoms with Gasteiger partial charge in [-0.2, -0.15) is 0 Å². The van der Waals surface area contributed by atoms with E-state index in [0.717, 1.165) is 39.3 Å². The third-order valence-corrected chi connectivity index (χ3v) is 4.02. The second-order valence-electron chi connectivity index (χ2n) is 5.80. The molecular weight excluding hydrogens is 248 g/mol. The van der Waals surface area contributed by atoms with Gasteiger partial charge in [0.05, 0.1) is 11.9 Å². The van der Waals surface area contributed by atoms with E-state index in [9.17, 15) is 0 Å². The van der Waals surface area contributed by atoms with Crippen LogP contribution in [-0.4, -0.2) is 48.6 Å². The van der Waals surface area contributed by atoms with E-state index in [1.165, 1.54) is 17.7 Å². The standard InChI is InChI=1S/C16H28N4/c1-4-6-17-12-15-5-7-18-13-16(15)20-10-8-19(9-11-20)14(2)3/h5,7,13-14,17H,4,6,8-12H2,1-3H3. The zero-order valence-corrected chi connectivity index (χ0v) is 13.1. The molecule has 1 aliphatic heterocycles. The fraction of sp³-hybridized carbons (Fsp3) is 0.688. The van der Waals surface area contributed by atoms with Gasteiger partial charge in [-0.3, -0.25) is 9.88 Å². The molecule has 0 aliphatic carbocycles. The van der Waals surface area contributed by atoms with Crippen molar-refractivity contribution in [3.05, 3.63) is 24.0 Å². The van der Waals surface area contributed by atoms with E-state index in [1.807, 2.05) is 12.4 Å². The average Bonchev–Trinajstić information content (AvgIpc) is 2.48. The van der Waals surface area contributed by atoms with Gasteiger partial charge in [0.1, 0.15) is 0 Å². The minimum Gasteiger partial charge on any atom is -0.367 e. The van der Waals surface area contributed by atoms with Crippen molar-refractivity contribution >= 4 is 5.69 Å². The van der Waals surface area contributed by atoms with Crippen molar-refractivity contribution in [2.75, 3.05) is 37.6 Å². The Morgan fingerprint density at radius 1 is 1.25 bits per heavy atom. The highest BCUT2D eigenvalue weighted by Gasteiger charge is 2.20. The molecule has 0 aromatic carbocycles. The van der Waals surface area contributed by atoms with Crippen LogP contribution in [0.4, 0.5) is 5.69 Å². The molecule has 4 nitrogen and oxygen atoms in total. The van der Waals surface area contributed by atoms with E-state index < -0.39 is 0 Å². The van der Waals surface area contributed by atoms with Crippen molar-refractivity contribution in [1.82, 2.24) is 15.2 Å². The van der Waals surface area contributed by atoms with Gasteiger partial charge in [-0.05, 0) is 38.4 Å². The number of hydrogen-bond acceptors (Lipinski definition) is 4. The van der Waals surface area contributed by atoms with Gasteiger partial charge in [0.2, 0.25) is 0 Å². The molecule has 4 heteroatoms. The largest absolute Gasteiger partial charge is 0.367 e. The summed E-state index contributed by atoms with van der Waals surface area (Å²) in [5, 5.41) is 3.49. The van der Waals surface area contributed by atoms with Crippen molar-refractivity contribution in [2.24, 2.45) is 0 Å². The fourth-order valence-corrected chi connectivity index (χ4v) is 2.73. The fourth-order valence-electron chi connectivity index (χ4n) is 2.73. The molecule has 0 radical (unpaired) electrons. The first-order valence-electron chi connectivity index (χ1n) is 7.85. The van der Waals surface area contributed by atoms with Crippen LogP contribution in [0.25, 0.3) is 0 Å². The molecule has 0 amide bonds. The number of pyridine rings is 1. The molecular formula is C16H28N4. The minimum absolute atomic E-state index is 0.650. The van der Waals surface area contributed by atoms with Crippen LogP contribution >= 0.6 is 0 Å². The molecule has 1 N–H and O–H groups in total. The maximum atomic E-state index is 4.32. The first kappa shape index (κ1) is 15.3. The van der Waals surface area contributed by atoms with Gasteiger partial charge >= 0.3 is 0 Å². The first-order valence-corrected chi connectivity index (χ1v) is 7.85. The molecule has 20 heavy (non-hydrogen) atoms. The molecule has 0 saturated carbocycles. The number of aromatic nitrogens is 1. The molecule has 0 atom stereocenters. The third-order valence-electron chi connectivity index (χ3n) is 4.02. The quantitative estimate of drug-likeness (QED) is 0.806. The lowest BCUT2D eigenvalue weighted by molar-refractivity contribution is 0.209. The predicted octanol–water partition coefficient (Wildman–Crippen LogP) is 2.11. The monoisotopic (exact) mass is 276 g/mol. The highest BCUT2D eigenvalue weighted by atomic mass is 15.3. The van der Waals surface area contributed by atoms with Crippen LogP contribution in [0, 0.1) is 0 Å². The number of piperazine rings is 1. The zero-order chi connectivity index (χ0) is 14.4. The second-order valence-corrected chi connectivity index (χ2v) is 5.80. The van der Waals surface area contributed by atoms with Crippen LogP contribution in [0.2, 0.25) is 0 Å². The van der Waals surface area contributed by atoms with Crippen molar-refractivity contribution in [1.29, 1.82) is 0 Å². The molecule has 1 aromatic heterocycles.